The van der Waals surface area contributed by atoms with Gasteiger partial charge < -0.3 is 20.4 Å². The van der Waals surface area contributed by atoms with Gasteiger partial charge in [-0.05, 0) is 48.0 Å². The van der Waals surface area contributed by atoms with Gasteiger partial charge in [0, 0.05) is 55.0 Å². The molecule has 3 aromatic carbocycles. The van der Waals surface area contributed by atoms with E-state index in [-0.39, 0.29) is 17.6 Å². The molecule has 0 spiro atoms. The SMILES string of the molecule is CNC(=O)c1cccc(-c2cc3c(C(=O)NC)c(-c4ccc(F)cc4)oc3cc2NC)c1. The third kappa shape index (κ3) is 3.69. The normalized spacial score (nSPS) is 10.8. The minimum Gasteiger partial charge on any atom is -0.455 e. The van der Waals surface area contributed by atoms with Crippen LogP contribution < -0.4 is 16.0 Å². The van der Waals surface area contributed by atoms with E-state index in [4.69, 9.17) is 4.42 Å². The van der Waals surface area contributed by atoms with Crippen LogP contribution in [0.2, 0.25) is 0 Å². The Morgan fingerprint density at radius 3 is 2.22 bits per heavy atom. The van der Waals surface area contributed by atoms with Crippen molar-refractivity contribution in [3.63, 3.8) is 0 Å². The summed E-state index contributed by atoms with van der Waals surface area (Å²) < 4.78 is 19.5. The van der Waals surface area contributed by atoms with Crippen LogP contribution in [0.3, 0.4) is 0 Å². The first-order valence-corrected chi connectivity index (χ1v) is 10.1. The van der Waals surface area contributed by atoms with Crippen molar-refractivity contribution in [1.29, 1.82) is 0 Å². The van der Waals surface area contributed by atoms with Crippen molar-refractivity contribution in [2.45, 2.75) is 0 Å². The number of carbonyl (C=O) groups excluding carboxylic acids is 2. The first kappa shape index (κ1) is 21.1. The fourth-order valence-corrected chi connectivity index (χ4v) is 3.72. The highest BCUT2D eigenvalue weighted by Gasteiger charge is 2.23. The summed E-state index contributed by atoms with van der Waals surface area (Å²) in [7, 11) is 4.92. The van der Waals surface area contributed by atoms with Crippen molar-refractivity contribution in [2.75, 3.05) is 26.5 Å². The second-order valence-electron chi connectivity index (χ2n) is 7.20. The van der Waals surface area contributed by atoms with E-state index in [1.165, 1.54) is 12.1 Å². The quantitative estimate of drug-likeness (QED) is 0.429. The van der Waals surface area contributed by atoms with Crippen LogP contribution in [0.5, 0.6) is 0 Å². The van der Waals surface area contributed by atoms with Crippen molar-refractivity contribution in [3.8, 4) is 22.5 Å². The molecule has 0 aliphatic carbocycles. The van der Waals surface area contributed by atoms with Gasteiger partial charge in [0.15, 0.2) is 0 Å². The number of benzene rings is 3. The molecular formula is C25H22FN3O3. The molecule has 1 aromatic heterocycles. The lowest BCUT2D eigenvalue weighted by molar-refractivity contribution is 0.0955. The summed E-state index contributed by atoms with van der Waals surface area (Å²) in [5, 5.41) is 9.06. The largest absolute Gasteiger partial charge is 0.455 e. The number of anilines is 1. The Labute approximate surface area is 184 Å². The monoisotopic (exact) mass is 431 g/mol. The molecule has 0 aliphatic heterocycles. The molecule has 3 N–H and O–H groups in total. The molecular weight excluding hydrogens is 409 g/mol. The number of nitrogens with one attached hydrogen (secondary N) is 3. The molecule has 1 heterocycles. The summed E-state index contributed by atoms with van der Waals surface area (Å²) in [5.74, 6) is -0.517. The first-order chi connectivity index (χ1) is 15.5. The Kier molecular flexibility index (Phi) is 5.64. The minimum atomic E-state index is -0.373. The summed E-state index contributed by atoms with van der Waals surface area (Å²) in [6.45, 7) is 0. The number of hydrogen-bond donors (Lipinski definition) is 3. The Hall–Kier alpha value is -4.13. The highest BCUT2D eigenvalue weighted by molar-refractivity contribution is 6.13. The Morgan fingerprint density at radius 2 is 1.56 bits per heavy atom. The zero-order chi connectivity index (χ0) is 22.8. The first-order valence-electron chi connectivity index (χ1n) is 10.1. The second-order valence-corrected chi connectivity index (χ2v) is 7.20. The van der Waals surface area contributed by atoms with Gasteiger partial charge in [-0.15, -0.1) is 0 Å². The third-order valence-electron chi connectivity index (χ3n) is 5.32. The average molecular weight is 431 g/mol. The summed E-state index contributed by atoms with van der Waals surface area (Å²) >= 11 is 0. The molecule has 0 fully saturated rings. The van der Waals surface area contributed by atoms with Crippen molar-refractivity contribution < 1.29 is 18.4 Å². The molecule has 0 unspecified atom stereocenters. The van der Waals surface area contributed by atoms with Gasteiger partial charge >= 0.3 is 0 Å². The van der Waals surface area contributed by atoms with Crippen LogP contribution in [0.25, 0.3) is 33.4 Å². The van der Waals surface area contributed by atoms with Gasteiger partial charge in [-0.2, -0.15) is 0 Å². The molecule has 6 nitrogen and oxygen atoms in total. The average Bonchev–Trinajstić information content (AvgIpc) is 3.21. The summed E-state index contributed by atoms with van der Waals surface area (Å²) in [5.41, 5.74) is 4.38. The van der Waals surface area contributed by atoms with E-state index >= 15 is 0 Å². The maximum atomic E-state index is 13.4. The number of rotatable bonds is 5. The molecule has 0 bridgehead atoms. The van der Waals surface area contributed by atoms with Gasteiger partial charge in [0.25, 0.3) is 11.8 Å². The van der Waals surface area contributed by atoms with E-state index in [1.54, 1.807) is 45.4 Å². The van der Waals surface area contributed by atoms with Crippen molar-refractivity contribution >= 4 is 28.5 Å². The Morgan fingerprint density at radius 1 is 0.844 bits per heavy atom. The van der Waals surface area contributed by atoms with Gasteiger partial charge in [0.05, 0.1) is 5.56 Å². The molecule has 32 heavy (non-hydrogen) atoms. The molecule has 0 saturated carbocycles. The molecule has 0 saturated heterocycles. The smallest absolute Gasteiger partial charge is 0.255 e. The van der Waals surface area contributed by atoms with Crippen LogP contribution in [0.15, 0.2) is 65.1 Å². The molecule has 4 rings (SSSR count). The lowest BCUT2D eigenvalue weighted by atomic mass is 9.97. The van der Waals surface area contributed by atoms with E-state index in [9.17, 15) is 14.0 Å². The molecule has 162 valence electrons. The van der Waals surface area contributed by atoms with Crippen molar-refractivity contribution in [3.05, 3.63) is 77.6 Å². The van der Waals surface area contributed by atoms with E-state index in [0.29, 0.717) is 33.4 Å². The molecule has 0 radical (unpaired) electrons. The van der Waals surface area contributed by atoms with Crippen LogP contribution in [-0.4, -0.2) is 33.0 Å². The zero-order valence-corrected chi connectivity index (χ0v) is 17.9. The van der Waals surface area contributed by atoms with Gasteiger partial charge in [-0.25, -0.2) is 4.39 Å². The standard InChI is InChI=1S/C25H22FN3O3/c1-27-20-13-21-19(12-18(20)15-5-4-6-16(11-15)24(30)28-2)22(25(31)29-3)23(32-21)14-7-9-17(26)10-8-14/h4-13,27H,1-3H3,(H,28,30)(H,29,31). The lowest BCUT2D eigenvalue weighted by Crippen LogP contribution is -2.18. The van der Waals surface area contributed by atoms with Crippen LogP contribution in [0.4, 0.5) is 10.1 Å². The Bertz CT molecular complexity index is 1330. The summed E-state index contributed by atoms with van der Waals surface area (Å²) in [6, 6.07) is 16.7. The summed E-state index contributed by atoms with van der Waals surface area (Å²) in [6.07, 6.45) is 0. The highest BCUT2D eigenvalue weighted by atomic mass is 19.1. The van der Waals surface area contributed by atoms with Crippen LogP contribution >= 0.6 is 0 Å². The Balaban J connectivity index is 1.98. The third-order valence-corrected chi connectivity index (χ3v) is 5.32. The molecule has 2 amide bonds. The molecule has 0 atom stereocenters. The maximum Gasteiger partial charge on any atom is 0.255 e. The van der Waals surface area contributed by atoms with Crippen LogP contribution in [0, 0.1) is 5.82 Å². The number of carbonyl (C=O) groups is 2. The number of hydrogen-bond acceptors (Lipinski definition) is 4. The summed E-state index contributed by atoms with van der Waals surface area (Å²) in [4.78, 5) is 24.9. The maximum absolute atomic E-state index is 13.4. The van der Waals surface area contributed by atoms with E-state index in [1.807, 2.05) is 24.3 Å². The van der Waals surface area contributed by atoms with Crippen molar-refractivity contribution in [2.24, 2.45) is 0 Å². The number of fused-ring (bicyclic) bond motifs is 1. The fourth-order valence-electron chi connectivity index (χ4n) is 3.72. The van der Waals surface area contributed by atoms with Crippen molar-refractivity contribution in [1.82, 2.24) is 10.6 Å². The molecule has 4 aromatic rings. The second kappa shape index (κ2) is 8.55. The van der Waals surface area contributed by atoms with E-state index in [0.717, 1.165) is 16.8 Å². The van der Waals surface area contributed by atoms with E-state index in [2.05, 4.69) is 16.0 Å². The number of furan rings is 1. The van der Waals surface area contributed by atoms with Crippen LogP contribution in [0.1, 0.15) is 20.7 Å². The molecule has 0 aliphatic rings. The zero-order valence-electron chi connectivity index (χ0n) is 17.9. The fraction of sp³-hybridized carbons (Fsp3) is 0.120. The van der Waals surface area contributed by atoms with E-state index < -0.39 is 0 Å². The lowest BCUT2D eigenvalue weighted by Gasteiger charge is -2.11. The number of halogens is 1. The topological polar surface area (TPSA) is 83.4 Å². The molecule has 7 heteroatoms. The minimum absolute atomic E-state index is 0.188. The van der Waals surface area contributed by atoms with Crippen LogP contribution in [-0.2, 0) is 0 Å². The highest BCUT2D eigenvalue weighted by Crippen LogP contribution is 2.39. The van der Waals surface area contributed by atoms with Gasteiger partial charge in [0.2, 0.25) is 0 Å². The predicted octanol–water partition coefficient (Wildman–Crippen LogP) is 4.67. The van der Waals surface area contributed by atoms with Gasteiger partial charge in [0.1, 0.15) is 17.2 Å². The number of amides is 2. The predicted molar refractivity (Wildman–Crippen MR) is 123 cm³/mol. The van der Waals surface area contributed by atoms with Gasteiger partial charge in [-0.3, -0.25) is 9.59 Å². The van der Waals surface area contributed by atoms with Gasteiger partial charge in [-0.1, -0.05) is 12.1 Å².